The van der Waals surface area contributed by atoms with Gasteiger partial charge in [0, 0.05) is 11.8 Å². The lowest BCUT2D eigenvalue weighted by molar-refractivity contribution is -0.113. The Morgan fingerprint density at radius 1 is 1.13 bits per heavy atom. The van der Waals surface area contributed by atoms with Crippen molar-refractivity contribution in [1.82, 2.24) is 9.97 Å². The largest absolute Gasteiger partial charge is 0.487 e. The van der Waals surface area contributed by atoms with Crippen LogP contribution in [0.4, 0.5) is 5.69 Å². The molecule has 0 aliphatic heterocycles. The van der Waals surface area contributed by atoms with Gasteiger partial charge in [0.2, 0.25) is 5.91 Å². The molecule has 0 aliphatic carbocycles. The van der Waals surface area contributed by atoms with Gasteiger partial charge in [-0.2, -0.15) is 0 Å². The van der Waals surface area contributed by atoms with Crippen molar-refractivity contribution >= 4 is 23.4 Å². The van der Waals surface area contributed by atoms with Crippen molar-refractivity contribution in [2.75, 3.05) is 11.1 Å². The van der Waals surface area contributed by atoms with Crippen LogP contribution in [0.5, 0.6) is 5.75 Å². The van der Waals surface area contributed by atoms with E-state index in [1.807, 2.05) is 54.6 Å². The molecule has 3 rings (SSSR count). The molecule has 0 fully saturated rings. The van der Waals surface area contributed by atoms with Crippen molar-refractivity contribution < 1.29 is 9.53 Å². The SMILES string of the molecule is CCCCc1ccc(NC(=O)CSc2nc(COc3ccccc3)cc(=O)[nH]2)cc1. The number of hydrogen-bond acceptors (Lipinski definition) is 5. The van der Waals surface area contributed by atoms with E-state index >= 15 is 0 Å². The maximum absolute atomic E-state index is 12.2. The normalized spacial score (nSPS) is 10.6. The first-order valence-electron chi connectivity index (χ1n) is 9.92. The Morgan fingerprint density at radius 3 is 2.63 bits per heavy atom. The Morgan fingerprint density at radius 2 is 1.90 bits per heavy atom. The number of carbonyl (C=O) groups is 1. The lowest BCUT2D eigenvalue weighted by Gasteiger charge is -2.08. The van der Waals surface area contributed by atoms with Gasteiger partial charge in [-0.3, -0.25) is 9.59 Å². The van der Waals surface area contributed by atoms with Gasteiger partial charge in [-0.25, -0.2) is 4.98 Å². The summed E-state index contributed by atoms with van der Waals surface area (Å²) in [6, 6.07) is 18.6. The second-order valence-corrected chi connectivity index (χ2v) is 7.74. The summed E-state index contributed by atoms with van der Waals surface area (Å²) in [6.07, 6.45) is 3.36. The van der Waals surface area contributed by atoms with Gasteiger partial charge in [-0.1, -0.05) is 55.4 Å². The minimum atomic E-state index is -0.276. The number of ether oxygens (including phenoxy) is 1. The highest BCUT2D eigenvalue weighted by Gasteiger charge is 2.08. The summed E-state index contributed by atoms with van der Waals surface area (Å²) in [4.78, 5) is 31.2. The number of aromatic nitrogens is 2. The molecule has 30 heavy (non-hydrogen) atoms. The smallest absolute Gasteiger partial charge is 0.251 e. The molecule has 2 aromatic carbocycles. The average molecular weight is 424 g/mol. The Labute approximate surface area is 180 Å². The van der Waals surface area contributed by atoms with Crippen molar-refractivity contribution in [3.05, 3.63) is 82.3 Å². The van der Waals surface area contributed by atoms with Gasteiger partial charge in [0.05, 0.1) is 11.4 Å². The minimum absolute atomic E-state index is 0.142. The standard InChI is InChI=1S/C23H25N3O3S/c1-2-3-7-17-10-12-18(13-11-17)24-22(28)16-30-23-25-19(14-21(27)26-23)15-29-20-8-5-4-6-9-20/h4-6,8-14H,2-3,7,15-16H2,1H3,(H,24,28)(H,25,26,27). The van der Waals surface area contributed by atoms with Crippen LogP contribution in [0.2, 0.25) is 0 Å². The number of hydrogen-bond donors (Lipinski definition) is 2. The predicted molar refractivity (Wildman–Crippen MR) is 120 cm³/mol. The average Bonchev–Trinajstić information content (AvgIpc) is 2.76. The fourth-order valence-corrected chi connectivity index (χ4v) is 3.46. The number of H-pyrrole nitrogens is 1. The van der Waals surface area contributed by atoms with E-state index in [4.69, 9.17) is 4.74 Å². The predicted octanol–water partition coefficient (Wildman–Crippen LogP) is 4.42. The second-order valence-electron chi connectivity index (χ2n) is 6.78. The van der Waals surface area contributed by atoms with Crippen LogP contribution in [0.1, 0.15) is 31.0 Å². The van der Waals surface area contributed by atoms with Crippen molar-refractivity contribution in [3.8, 4) is 5.75 Å². The molecule has 156 valence electrons. The molecule has 0 spiro atoms. The molecule has 0 aliphatic rings. The van der Waals surface area contributed by atoms with Gasteiger partial charge in [0.15, 0.2) is 5.16 Å². The number of rotatable bonds is 10. The highest BCUT2D eigenvalue weighted by molar-refractivity contribution is 7.99. The third-order valence-corrected chi connectivity index (χ3v) is 5.17. The van der Waals surface area contributed by atoms with Crippen LogP contribution in [0.3, 0.4) is 0 Å². The summed E-state index contributed by atoms with van der Waals surface area (Å²) in [6.45, 7) is 2.35. The third kappa shape index (κ3) is 7.08. The van der Waals surface area contributed by atoms with Gasteiger partial charge < -0.3 is 15.0 Å². The van der Waals surface area contributed by atoms with E-state index in [1.165, 1.54) is 23.4 Å². The zero-order valence-corrected chi connectivity index (χ0v) is 17.7. The summed E-state index contributed by atoms with van der Waals surface area (Å²) in [5.41, 5.74) is 2.25. The number of unbranched alkanes of at least 4 members (excludes halogenated alkanes) is 1. The molecule has 1 amide bonds. The van der Waals surface area contributed by atoms with E-state index in [9.17, 15) is 9.59 Å². The van der Waals surface area contributed by atoms with Crippen LogP contribution in [0.25, 0.3) is 0 Å². The number of benzene rings is 2. The lowest BCUT2D eigenvalue weighted by atomic mass is 10.1. The fourth-order valence-electron chi connectivity index (χ4n) is 2.77. The number of nitrogens with zero attached hydrogens (tertiary/aromatic N) is 1. The number of thioether (sulfide) groups is 1. The minimum Gasteiger partial charge on any atom is -0.487 e. The van der Waals surface area contributed by atoms with Crippen LogP contribution >= 0.6 is 11.8 Å². The molecule has 0 saturated carbocycles. The van der Waals surface area contributed by atoms with Crippen LogP contribution < -0.4 is 15.6 Å². The molecule has 2 N–H and O–H groups in total. The maximum Gasteiger partial charge on any atom is 0.251 e. The number of anilines is 1. The van der Waals surface area contributed by atoms with Gasteiger partial charge in [0.25, 0.3) is 5.56 Å². The highest BCUT2D eigenvalue weighted by atomic mass is 32.2. The molecule has 0 bridgehead atoms. The first kappa shape index (κ1) is 21.6. The van der Waals surface area contributed by atoms with Crippen molar-refractivity contribution in [3.63, 3.8) is 0 Å². The molecule has 0 atom stereocenters. The molecule has 1 aromatic heterocycles. The lowest BCUT2D eigenvalue weighted by Crippen LogP contribution is -2.16. The van der Waals surface area contributed by atoms with E-state index in [-0.39, 0.29) is 23.8 Å². The molecule has 0 unspecified atom stereocenters. The van der Waals surface area contributed by atoms with Crippen LogP contribution in [0, 0.1) is 0 Å². The topological polar surface area (TPSA) is 84.1 Å². The summed E-state index contributed by atoms with van der Waals surface area (Å²) < 4.78 is 5.64. The summed E-state index contributed by atoms with van der Waals surface area (Å²) in [5, 5.41) is 3.26. The van der Waals surface area contributed by atoms with Gasteiger partial charge in [0.1, 0.15) is 12.4 Å². The second kappa shape index (κ2) is 11.2. The fraction of sp³-hybridized carbons (Fsp3) is 0.261. The summed E-state index contributed by atoms with van der Waals surface area (Å²) in [5.74, 6) is 0.688. The number of nitrogens with one attached hydrogen (secondary N) is 2. The zero-order chi connectivity index (χ0) is 21.2. The van der Waals surface area contributed by atoms with Crippen molar-refractivity contribution in [2.45, 2.75) is 37.9 Å². The van der Waals surface area contributed by atoms with Gasteiger partial charge in [-0.15, -0.1) is 0 Å². The Bertz CT molecular complexity index is 1000. The van der Waals surface area contributed by atoms with E-state index in [1.54, 1.807) is 0 Å². The molecule has 1 heterocycles. The zero-order valence-electron chi connectivity index (χ0n) is 16.9. The van der Waals surface area contributed by atoms with Crippen LogP contribution in [-0.2, 0) is 17.8 Å². The summed E-state index contributed by atoms with van der Waals surface area (Å²) in [7, 11) is 0. The summed E-state index contributed by atoms with van der Waals surface area (Å²) >= 11 is 1.18. The first-order valence-corrected chi connectivity index (χ1v) is 10.9. The van der Waals surface area contributed by atoms with E-state index in [2.05, 4.69) is 22.2 Å². The maximum atomic E-state index is 12.2. The molecule has 0 radical (unpaired) electrons. The molecular weight excluding hydrogens is 398 g/mol. The molecule has 0 saturated heterocycles. The number of carbonyl (C=O) groups excluding carboxylic acids is 1. The van der Waals surface area contributed by atoms with Gasteiger partial charge >= 0.3 is 0 Å². The Hall–Kier alpha value is -3.06. The molecular formula is C23H25N3O3S. The Kier molecular flexibility index (Phi) is 8.09. The molecule has 6 nitrogen and oxygen atoms in total. The van der Waals surface area contributed by atoms with Gasteiger partial charge in [-0.05, 0) is 42.7 Å². The van der Waals surface area contributed by atoms with Crippen molar-refractivity contribution in [1.29, 1.82) is 0 Å². The van der Waals surface area contributed by atoms with E-state index in [0.717, 1.165) is 24.9 Å². The van der Waals surface area contributed by atoms with E-state index in [0.29, 0.717) is 16.6 Å². The van der Waals surface area contributed by atoms with Crippen LogP contribution in [0.15, 0.2) is 70.6 Å². The Balaban J connectivity index is 1.51. The quantitative estimate of drug-likeness (QED) is 0.372. The number of aromatic amines is 1. The highest BCUT2D eigenvalue weighted by Crippen LogP contribution is 2.16. The number of amides is 1. The number of aryl methyl sites for hydroxylation is 1. The van der Waals surface area contributed by atoms with E-state index < -0.39 is 0 Å². The number of para-hydroxylation sites is 1. The first-order chi connectivity index (χ1) is 14.6. The molecule has 7 heteroatoms. The third-order valence-electron chi connectivity index (χ3n) is 4.30. The van der Waals surface area contributed by atoms with Crippen molar-refractivity contribution in [2.24, 2.45) is 0 Å². The van der Waals surface area contributed by atoms with Crippen LogP contribution in [-0.4, -0.2) is 21.6 Å². The monoisotopic (exact) mass is 423 g/mol. The molecule has 3 aromatic rings.